The number of nitrogens with two attached hydrogens (primary N) is 1. The van der Waals surface area contributed by atoms with Gasteiger partial charge < -0.3 is 15.1 Å². The predicted molar refractivity (Wildman–Crippen MR) is 92.6 cm³/mol. The number of benzene rings is 1. The molecule has 1 amide bonds. The lowest BCUT2D eigenvalue weighted by atomic mass is 10.1. The van der Waals surface area contributed by atoms with Crippen molar-refractivity contribution in [1.82, 2.24) is 4.90 Å². The lowest BCUT2D eigenvalue weighted by molar-refractivity contribution is 0.0729. The van der Waals surface area contributed by atoms with Crippen LogP contribution in [0.15, 0.2) is 41.0 Å². The Morgan fingerprint density at radius 2 is 1.91 bits per heavy atom. The fourth-order valence-corrected chi connectivity index (χ4v) is 2.60. The molecule has 1 aromatic heterocycles. The number of aryl methyl sites for hydroxylation is 1. The van der Waals surface area contributed by atoms with Gasteiger partial charge in [0.1, 0.15) is 12.0 Å². The third kappa shape index (κ3) is 4.15. The Bertz CT molecular complexity index is 647. The van der Waals surface area contributed by atoms with Gasteiger partial charge in [0.2, 0.25) is 0 Å². The molecule has 0 unspecified atom stereocenters. The molecule has 1 heterocycles. The third-order valence-corrected chi connectivity index (χ3v) is 4.13. The van der Waals surface area contributed by atoms with Gasteiger partial charge >= 0.3 is 0 Å². The molecular formula is C18H23ClN2O2. The van der Waals surface area contributed by atoms with Crippen LogP contribution in [0, 0.1) is 0 Å². The monoisotopic (exact) mass is 334 g/mol. The quantitative estimate of drug-likeness (QED) is 0.879. The van der Waals surface area contributed by atoms with Crippen LogP contribution in [0.5, 0.6) is 0 Å². The molecule has 0 aliphatic heterocycles. The molecule has 1 aliphatic rings. The smallest absolute Gasteiger partial charge is 0.257 e. The summed E-state index contributed by atoms with van der Waals surface area (Å²) >= 11 is 0. The van der Waals surface area contributed by atoms with Gasteiger partial charge in [-0.25, -0.2) is 0 Å². The van der Waals surface area contributed by atoms with Gasteiger partial charge in [-0.15, -0.1) is 12.4 Å². The molecule has 5 heteroatoms. The molecule has 1 saturated carbocycles. The molecule has 3 rings (SSSR count). The van der Waals surface area contributed by atoms with Gasteiger partial charge in [-0.1, -0.05) is 31.2 Å². The zero-order valence-electron chi connectivity index (χ0n) is 13.3. The van der Waals surface area contributed by atoms with Crippen molar-refractivity contribution in [3.05, 3.63) is 59.0 Å². The standard InChI is InChI=1S/C18H22N2O2.ClH/c1-2-13-3-5-14(6-4-13)11-20(16-7-8-16)18(21)15-9-17(10-19)22-12-15;/h3-6,9,12,16H,2,7-8,10-11,19H2,1H3;1H. The molecule has 1 fully saturated rings. The largest absolute Gasteiger partial charge is 0.467 e. The molecule has 4 nitrogen and oxygen atoms in total. The summed E-state index contributed by atoms with van der Waals surface area (Å²) < 4.78 is 5.29. The number of furan rings is 1. The van der Waals surface area contributed by atoms with E-state index in [-0.39, 0.29) is 18.3 Å². The van der Waals surface area contributed by atoms with E-state index in [9.17, 15) is 4.79 Å². The van der Waals surface area contributed by atoms with Gasteiger partial charge in [0.05, 0.1) is 12.1 Å². The molecule has 0 bridgehead atoms. The fraction of sp³-hybridized carbons (Fsp3) is 0.389. The van der Waals surface area contributed by atoms with Gasteiger partial charge in [-0.3, -0.25) is 4.79 Å². The Morgan fingerprint density at radius 3 is 2.43 bits per heavy atom. The summed E-state index contributed by atoms with van der Waals surface area (Å²) in [6.45, 7) is 3.11. The van der Waals surface area contributed by atoms with E-state index in [4.69, 9.17) is 10.2 Å². The second-order valence-electron chi connectivity index (χ2n) is 5.84. The van der Waals surface area contributed by atoms with Gasteiger partial charge in [0.15, 0.2) is 0 Å². The highest BCUT2D eigenvalue weighted by Crippen LogP contribution is 2.30. The molecule has 2 N–H and O–H groups in total. The number of hydrogen-bond donors (Lipinski definition) is 1. The van der Waals surface area contributed by atoms with Crippen LogP contribution in [0.3, 0.4) is 0 Å². The van der Waals surface area contributed by atoms with Gasteiger partial charge in [0.25, 0.3) is 5.91 Å². The second-order valence-corrected chi connectivity index (χ2v) is 5.84. The highest BCUT2D eigenvalue weighted by atomic mass is 35.5. The first-order chi connectivity index (χ1) is 10.7. The van der Waals surface area contributed by atoms with Crippen LogP contribution in [0.2, 0.25) is 0 Å². The number of carbonyl (C=O) groups excluding carboxylic acids is 1. The predicted octanol–water partition coefficient (Wildman–Crippen LogP) is 3.53. The van der Waals surface area contributed by atoms with E-state index < -0.39 is 0 Å². The maximum atomic E-state index is 12.7. The molecule has 23 heavy (non-hydrogen) atoms. The molecule has 0 saturated heterocycles. The van der Waals surface area contributed by atoms with Crippen LogP contribution in [-0.2, 0) is 19.5 Å². The minimum absolute atomic E-state index is 0. The minimum Gasteiger partial charge on any atom is -0.467 e. The highest BCUT2D eigenvalue weighted by Gasteiger charge is 2.33. The molecule has 0 spiro atoms. The third-order valence-electron chi connectivity index (χ3n) is 4.13. The van der Waals surface area contributed by atoms with Crippen molar-refractivity contribution in [1.29, 1.82) is 0 Å². The summed E-state index contributed by atoms with van der Waals surface area (Å²) in [5.74, 6) is 0.678. The van der Waals surface area contributed by atoms with Crippen molar-refractivity contribution in [2.45, 2.75) is 45.3 Å². The normalized spacial score (nSPS) is 13.5. The molecule has 2 aromatic rings. The molecular weight excluding hydrogens is 312 g/mol. The molecule has 1 aliphatic carbocycles. The number of hydrogen-bond acceptors (Lipinski definition) is 3. The van der Waals surface area contributed by atoms with Crippen LogP contribution in [0.4, 0.5) is 0 Å². The number of halogens is 1. The van der Waals surface area contributed by atoms with E-state index in [1.165, 1.54) is 17.4 Å². The number of nitrogens with zero attached hydrogens (tertiary/aromatic N) is 1. The lowest BCUT2D eigenvalue weighted by Crippen LogP contribution is -2.32. The lowest BCUT2D eigenvalue weighted by Gasteiger charge is -2.22. The zero-order chi connectivity index (χ0) is 15.5. The summed E-state index contributed by atoms with van der Waals surface area (Å²) in [5.41, 5.74) is 8.62. The van der Waals surface area contributed by atoms with Crippen LogP contribution in [-0.4, -0.2) is 16.8 Å². The SMILES string of the molecule is CCc1ccc(CN(C(=O)c2coc(CN)c2)C2CC2)cc1.Cl. The fourth-order valence-electron chi connectivity index (χ4n) is 2.60. The van der Waals surface area contributed by atoms with E-state index in [2.05, 4.69) is 31.2 Å². The van der Waals surface area contributed by atoms with Crippen molar-refractivity contribution < 1.29 is 9.21 Å². The van der Waals surface area contributed by atoms with Crippen molar-refractivity contribution in [2.24, 2.45) is 5.73 Å². The summed E-state index contributed by atoms with van der Waals surface area (Å²) in [7, 11) is 0. The van der Waals surface area contributed by atoms with Crippen molar-refractivity contribution in [3.8, 4) is 0 Å². The van der Waals surface area contributed by atoms with E-state index in [1.807, 2.05) is 4.90 Å². The topological polar surface area (TPSA) is 59.5 Å². The van der Waals surface area contributed by atoms with Gasteiger partial charge in [0, 0.05) is 12.6 Å². The van der Waals surface area contributed by atoms with Gasteiger partial charge in [-0.2, -0.15) is 0 Å². The number of amides is 1. The van der Waals surface area contributed by atoms with Crippen molar-refractivity contribution >= 4 is 18.3 Å². The summed E-state index contributed by atoms with van der Waals surface area (Å²) in [6, 6.07) is 10.6. The maximum absolute atomic E-state index is 12.7. The average molecular weight is 335 g/mol. The first-order valence-corrected chi connectivity index (χ1v) is 7.87. The van der Waals surface area contributed by atoms with E-state index in [0.29, 0.717) is 30.5 Å². The zero-order valence-corrected chi connectivity index (χ0v) is 14.1. The van der Waals surface area contributed by atoms with E-state index in [0.717, 1.165) is 19.3 Å². The first kappa shape index (κ1) is 17.6. The highest BCUT2D eigenvalue weighted by molar-refractivity contribution is 5.94. The maximum Gasteiger partial charge on any atom is 0.257 e. The number of rotatable bonds is 6. The average Bonchev–Trinajstić information content (AvgIpc) is 3.28. The Hall–Kier alpha value is -1.78. The summed E-state index contributed by atoms with van der Waals surface area (Å²) in [6.07, 6.45) is 4.71. The van der Waals surface area contributed by atoms with Crippen LogP contribution < -0.4 is 5.73 Å². The molecule has 1 aromatic carbocycles. The van der Waals surface area contributed by atoms with Gasteiger partial charge in [-0.05, 0) is 36.5 Å². The Kier molecular flexibility index (Phi) is 5.85. The van der Waals surface area contributed by atoms with Crippen molar-refractivity contribution in [2.75, 3.05) is 0 Å². The Morgan fingerprint density at radius 1 is 1.26 bits per heavy atom. The van der Waals surface area contributed by atoms with Crippen molar-refractivity contribution in [3.63, 3.8) is 0 Å². The second kappa shape index (κ2) is 7.66. The summed E-state index contributed by atoms with van der Waals surface area (Å²) in [5, 5.41) is 0. The van der Waals surface area contributed by atoms with Crippen LogP contribution in [0.1, 0.15) is 47.0 Å². The Balaban J connectivity index is 0.00000192. The van der Waals surface area contributed by atoms with E-state index in [1.54, 1.807) is 6.07 Å². The van der Waals surface area contributed by atoms with Crippen LogP contribution >= 0.6 is 12.4 Å². The first-order valence-electron chi connectivity index (χ1n) is 7.87. The molecule has 0 radical (unpaired) electrons. The number of carbonyl (C=O) groups is 1. The molecule has 124 valence electrons. The minimum atomic E-state index is 0. The Labute approximate surface area is 143 Å². The molecule has 0 atom stereocenters. The summed E-state index contributed by atoms with van der Waals surface area (Å²) in [4.78, 5) is 14.7. The van der Waals surface area contributed by atoms with Crippen LogP contribution in [0.25, 0.3) is 0 Å². The van der Waals surface area contributed by atoms with E-state index >= 15 is 0 Å².